The molecule has 0 radical (unpaired) electrons. The van der Waals surface area contributed by atoms with Gasteiger partial charge in [0.2, 0.25) is 0 Å². The Labute approximate surface area is 292 Å². The molecule has 1 aromatic carbocycles. The average Bonchev–Trinajstić information content (AvgIpc) is 3.11. The van der Waals surface area contributed by atoms with E-state index in [4.69, 9.17) is 47.4 Å². The Bertz CT molecular complexity index is 751. The molecule has 0 spiro atoms. The van der Waals surface area contributed by atoms with Crippen LogP contribution in [-0.2, 0) is 49.1 Å². The minimum Gasteiger partial charge on any atom is -0.491 e. The standard InChI is InChI=1S/C38H70O10/c1-4-6-7-8-9-10-11-12-37-13-15-38(16-14-37)48-34-33-46-30-29-44-26-25-42-22-21-40-18-17-39-19-20-41-23-24-43-27-28-45-31-32-47-35-36(3)5-2/h13-16,36H,4-12,17-35H2,1-3H3. The van der Waals surface area contributed by atoms with E-state index in [9.17, 15) is 0 Å². The van der Waals surface area contributed by atoms with E-state index in [1.165, 1.54) is 50.5 Å². The molecule has 0 aliphatic heterocycles. The molecule has 0 saturated carbocycles. The van der Waals surface area contributed by atoms with E-state index in [-0.39, 0.29) is 0 Å². The van der Waals surface area contributed by atoms with E-state index in [0.29, 0.717) is 125 Å². The molecule has 282 valence electrons. The van der Waals surface area contributed by atoms with Crippen LogP contribution in [0.15, 0.2) is 24.3 Å². The van der Waals surface area contributed by atoms with E-state index in [2.05, 4.69) is 45.0 Å². The van der Waals surface area contributed by atoms with Crippen molar-refractivity contribution in [3.05, 3.63) is 29.8 Å². The minimum absolute atomic E-state index is 0.525. The van der Waals surface area contributed by atoms with Gasteiger partial charge >= 0.3 is 0 Å². The number of rotatable bonds is 39. The summed E-state index contributed by atoms with van der Waals surface area (Å²) in [7, 11) is 0. The van der Waals surface area contributed by atoms with Gasteiger partial charge in [0, 0.05) is 6.61 Å². The lowest BCUT2D eigenvalue weighted by molar-refractivity contribution is -0.0258. The summed E-state index contributed by atoms with van der Waals surface area (Å²) >= 11 is 0. The van der Waals surface area contributed by atoms with Gasteiger partial charge in [0.25, 0.3) is 0 Å². The van der Waals surface area contributed by atoms with Crippen LogP contribution in [0.25, 0.3) is 0 Å². The molecule has 0 aliphatic rings. The van der Waals surface area contributed by atoms with Gasteiger partial charge in [-0.25, -0.2) is 0 Å². The van der Waals surface area contributed by atoms with Gasteiger partial charge in [-0.1, -0.05) is 77.8 Å². The van der Waals surface area contributed by atoms with Crippen molar-refractivity contribution < 1.29 is 47.4 Å². The van der Waals surface area contributed by atoms with E-state index in [1.54, 1.807) is 0 Å². The topological polar surface area (TPSA) is 92.3 Å². The lowest BCUT2D eigenvalue weighted by atomic mass is 10.0. The highest BCUT2D eigenvalue weighted by Gasteiger charge is 2.00. The molecule has 1 unspecified atom stereocenters. The zero-order valence-corrected chi connectivity index (χ0v) is 30.8. The Balaban J connectivity index is 1.71. The predicted molar refractivity (Wildman–Crippen MR) is 190 cm³/mol. The molecule has 0 aromatic heterocycles. The monoisotopic (exact) mass is 686 g/mol. The summed E-state index contributed by atoms with van der Waals surface area (Å²) in [6.45, 7) is 17.2. The molecule has 0 fully saturated rings. The maximum absolute atomic E-state index is 5.78. The highest BCUT2D eigenvalue weighted by atomic mass is 16.6. The van der Waals surface area contributed by atoms with Crippen LogP contribution in [0.4, 0.5) is 0 Å². The van der Waals surface area contributed by atoms with Crippen molar-refractivity contribution in [1.29, 1.82) is 0 Å². The number of hydrogen-bond donors (Lipinski definition) is 0. The Hall–Kier alpha value is -1.34. The maximum Gasteiger partial charge on any atom is 0.119 e. The van der Waals surface area contributed by atoms with Crippen LogP contribution in [0.3, 0.4) is 0 Å². The zero-order chi connectivity index (χ0) is 34.4. The fraction of sp³-hybridized carbons (Fsp3) is 0.842. The van der Waals surface area contributed by atoms with Crippen LogP contribution in [0, 0.1) is 5.92 Å². The minimum atomic E-state index is 0.525. The summed E-state index contributed by atoms with van der Waals surface area (Å²) in [6.07, 6.45) is 11.7. The van der Waals surface area contributed by atoms with Crippen molar-refractivity contribution in [2.45, 2.75) is 78.6 Å². The van der Waals surface area contributed by atoms with E-state index in [1.807, 2.05) is 0 Å². The lowest BCUT2D eigenvalue weighted by Crippen LogP contribution is -2.15. The molecule has 0 heterocycles. The van der Waals surface area contributed by atoms with Gasteiger partial charge in [-0.3, -0.25) is 0 Å². The molecule has 0 amide bonds. The number of hydrogen-bond acceptors (Lipinski definition) is 10. The van der Waals surface area contributed by atoms with E-state index in [0.717, 1.165) is 25.2 Å². The first kappa shape index (κ1) is 44.7. The maximum atomic E-state index is 5.78. The number of benzene rings is 1. The van der Waals surface area contributed by atoms with Crippen molar-refractivity contribution in [3.63, 3.8) is 0 Å². The molecule has 0 N–H and O–H groups in total. The first-order chi connectivity index (χ1) is 23.8. The van der Waals surface area contributed by atoms with Gasteiger partial charge in [-0.15, -0.1) is 0 Å². The molecule has 10 nitrogen and oxygen atoms in total. The predicted octanol–water partition coefficient (Wildman–Crippen LogP) is 6.55. The van der Waals surface area contributed by atoms with Gasteiger partial charge in [0.15, 0.2) is 0 Å². The van der Waals surface area contributed by atoms with Crippen LogP contribution in [0.2, 0.25) is 0 Å². The second-order valence-electron chi connectivity index (χ2n) is 11.9. The van der Waals surface area contributed by atoms with Crippen molar-refractivity contribution in [2.75, 3.05) is 126 Å². The Morgan fingerprint density at radius 1 is 0.417 bits per heavy atom. The summed E-state index contributed by atoms with van der Waals surface area (Å²) in [5.41, 5.74) is 1.38. The molecule has 48 heavy (non-hydrogen) atoms. The SMILES string of the molecule is CCCCCCCCCc1ccc(OCCOCCOCCOCCOCCOCCOCCOCCOCCOCC(C)CC)cc1. The largest absolute Gasteiger partial charge is 0.491 e. The van der Waals surface area contributed by atoms with Gasteiger partial charge in [0.1, 0.15) is 12.4 Å². The van der Waals surface area contributed by atoms with Crippen molar-refractivity contribution in [1.82, 2.24) is 0 Å². The second-order valence-corrected chi connectivity index (χ2v) is 11.9. The van der Waals surface area contributed by atoms with Gasteiger partial charge in [-0.2, -0.15) is 0 Å². The summed E-state index contributed by atoms with van der Waals surface area (Å²) in [5.74, 6) is 1.49. The van der Waals surface area contributed by atoms with Crippen LogP contribution in [0.5, 0.6) is 5.75 Å². The van der Waals surface area contributed by atoms with E-state index < -0.39 is 0 Å². The first-order valence-corrected chi connectivity index (χ1v) is 18.7. The van der Waals surface area contributed by atoms with E-state index >= 15 is 0 Å². The first-order valence-electron chi connectivity index (χ1n) is 18.7. The van der Waals surface area contributed by atoms with Gasteiger partial charge in [0.05, 0.1) is 112 Å². The second kappa shape index (κ2) is 36.9. The average molecular weight is 687 g/mol. The third-order valence-corrected chi connectivity index (χ3v) is 7.56. The Morgan fingerprint density at radius 3 is 1.17 bits per heavy atom. The van der Waals surface area contributed by atoms with Crippen LogP contribution in [0.1, 0.15) is 77.7 Å². The molecule has 0 bridgehead atoms. The van der Waals surface area contributed by atoms with Crippen LogP contribution < -0.4 is 4.74 Å². The van der Waals surface area contributed by atoms with Gasteiger partial charge in [-0.05, 0) is 36.5 Å². The molecule has 1 aromatic rings. The fourth-order valence-corrected chi connectivity index (χ4v) is 4.42. The van der Waals surface area contributed by atoms with Crippen molar-refractivity contribution in [3.8, 4) is 5.75 Å². The summed E-state index contributed by atoms with van der Waals surface area (Å²) in [6, 6.07) is 8.46. The third-order valence-electron chi connectivity index (χ3n) is 7.56. The highest BCUT2D eigenvalue weighted by Crippen LogP contribution is 2.15. The third kappa shape index (κ3) is 31.9. The number of unbranched alkanes of at least 4 members (excludes halogenated alkanes) is 6. The highest BCUT2D eigenvalue weighted by molar-refractivity contribution is 5.27. The Morgan fingerprint density at radius 2 is 0.771 bits per heavy atom. The number of ether oxygens (including phenoxy) is 10. The number of aryl methyl sites for hydroxylation is 1. The summed E-state index contributed by atoms with van der Waals surface area (Å²) in [4.78, 5) is 0. The lowest BCUT2D eigenvalue weighted by Gasteiger charge is -2.10. The van der Waals surface area contributed by atoms with Crippen molar-refractivity contribution >= 4 is 0 Å². The van der Waals surface area contributed by atoms with Gasteiger partial charge < -0.3 is 47.4 Å². The summed E-state index contributed by atoms with van der Waals surface area (Å²) < 4.78 is 55.5. The van der Waals surface area contributed by atoms with Crippen molar-refractivity contribution in [2.24, 2.45) is 5.92 Å². The molecule has 0 aliphatic carbocycles. The molecule has 10 heteroatoms. The van der Waals surface area contributed by atoms with Crippen LogP contribution in [-0.4, -0.2) is 126 Å². The molecule has 1 atom stereocenters. The molecular formula is C38H70O10. The summed E-state index contributed by atoms with van der Waals surface area (Å²) in [5, 5.41) is 0. The molecular weight excluding hydrogens is 616 g/mol. The smallest absolute Gasteiger partial charge is 0.119 e. The van der Waals surface area contributed by atoms with Crippen LogP contribution >= 0.6 is 0 Å². The molecule has 0 saturated heterocycles. The molecule has 1 rings (SSSR count). The normalized spacial score (nSPS) is 12.1. The zero-order valence-electron chi connectivity index (χ0n) is 30.8. The quantitative estimate of drug-likeness (QED) is 0.0710. The fourth-order valence-electron chi connectivity index (χ4n) is 4.42. The Kier molecular flexibility index (Phi) is 34.4.